The van der Waals surface area contributed by atoms with Gasteiger partial charge >= 0.3 is 0 Å². The zero-order valence-corrected chi connectivity index (χ0v) is 20.9. The van der Waals surface area contributed by atoms with Crippen LogP contribution in [0.4, 0.5) is 10.1 Å². The average Bonchev–Trinajstić information content (AvgIpc) is 3.14. The average molecular weight is 511 g/mol. The van der Waals surface area contributed by atoms with Crippen molar-refractivity contribution in [2.75, 3.05) is 13.2 Å². The number of benzene rings is 3. The van der Waals surface area contributed by atoms with Gasteiger partial charge in [0, 0.05) is 6.54 Å². The summed E-state index contributed by atoms with van der Waals surface area (Å²) in [7, 11) is 0. The molecule has 8 heteroatoms. The van der Waals surface area contributed by atoms with Gasteiger partial charge in [0.05, 0.1) is 22.2 Å². The molecule has 0 aromatic heterocycles. The number of aliphatic imine (C=N–C) groups is 1. The highest BCUT2D eigenvalue weighted by atomic mass is 35.5. The van der Waals surface area contributed by atoms with Gasteiger partial charge in [-0.05, 0) is 79.2 Å². The van der Waals surface area contributed by atoms with Gasteiger partial charge in [-0.2, -0.15) is 0 Å². The Morgan fingerprint density at radius 1 is 1.06 bits per heavy atom. The predicted octanol–water partition coefficient (Wildman–Crippen LogP) is 7.08. The highest BCUT2D eigenvalue weighted by Crippen LogP contribution is 2.40. The highest BCUT2D eigenvalue weighted by molar-refractivity contribution is 8.18. The second-order valence-electron chi connectivity index (χ2n) is 7.57. The molecule has 0 N–H and O–H groups in total. The normalized spacial score (nSPS) is 15.8. The second-order valence-corrected chi connectivity index (χ2v) is 8.98. The van der Waals surface area contributed by atoms with Gasteiger partial charge in [-0.3, -0.25) is 9.69 Å². The van der Waals surface area contributed by atoms with Crippen molar-refractivity contribution in [2.24, 2.45) is 4.99 Å². The topological polar surface area (TPSA) is 51.1 Å². The smallest absolute Gasteiger partial charge is 0.266 e. The minimum atomic E-state index is -0.338. The van der Waals surface area contributed by atoms with Crippen molar-refractivity contribution >= 4 is 46.2 Å². The predicted molar refractivity (Wildman–Crippen MR) is 140 cm³/mol. The fourth-order valence-electron chi connectivity index (χ4n) is 3.45. The van der Waals surface area contributed by atoms with Crippen molar-refractivity contribution in [1.29, 1.82) is 0 Å². The van der Waals surface area contributed by atoms with Crippen LogP contribution in [-0.2, 0) is 11.4 Å². The van der Waals surface area contributed by atoms with Crippen LogP contribution in [0.5, 0.6) is 11.5 Å². The molecule has 1 heterocycles. The molecule has 3 aromatic carbocycles. The second kappa shape index (κ2) is 11.4. The quantitative estimate of drug-likeness (QED) is 0.304. The minimum Gasteiger partial charge on any atom is -0.490 e. The number of carbonyl (C=O) groups excluding carboxylic acids is 1. The summed E-state index contributed by atoms with van der Waals surface area (Å²) >= 11 is 7.83. The van der Waals surface area contributed by atoms with Gasteiger partial charge in [-0.15, -0.1) is 0 Å². The molecule has 35 heavy (non-hydrogen) atoms. The lowest BCUT2D eigenvalue weighted by Gasteiger charge is -2.15. The first-order chi connectivity index (χ1) is 17.0. The zero-order chi connectivity index (χ0) is 24.8. The SMILES string of the molecule is CCOc1cc(/C=C2/SC(=Nc3ccc(F)cc3)N(CC)C2=O)cc(Cl)c1OCc1ccccc1. The lowest BCUT2D eigenvalue weighted by Crippen LogP contribution is -2.28. The monoisotopic (exact) mass is 510 g/mol. The number of amides is 1. The van der Waals surface area contributed by atoms with E-state index in [9.17, 15) is 9.18 Å². The molecular formula is C27H24ClFN2O3S. The minimum absolute atomic E-state index is 0.156. The molecular weight excluding hydrogens is 487 g/mol. The van der Waals surface area contributed by atoms with Gasteiger partial charge in [0.2, 0.25) is 0 Å². The van der Waals surface area contributed by atoms with E-state index in [1.54, 1.807) is 29.2 Å². The van der Waals surface area contributed by atoms with Crippen molar-refractivity contribution in [3.8, 4) is 11.5 Å². The number of amidine groups is 1. The van der Waals surface area contributed by atoms with E-state index < -0.39 is 0 Å². The molecule has 4 rings (SSSR count). The summed E-state index contributed by atoms with van der Waals surface area (Å²) in [6.07, 6.45) is 1.76. The third-order valence-electron chi connectivity index (χ3n) is 5.11. The number of thioether (sulfide) groups is 1. The van der Waals surface area contributed by atoms with E-state index in [1.165, 1.54) is 23.9 Å². The van der Waals surface area contributed by atoms with Crippen molar-refractivity contribution < 1.29 is 18.7 Å². The standard InChI is InChI=1S/C27H24ClFN2O3S/c1-3-31-26(32)24(35-27(31)30-21-12-10-20(29)11-13-21)16-19-14-22(28)25(23(15-19)33-4-2)34-17-18-8-6-5-7-9-18/h5-16H,3-4,17H2,1-2H3/b24-16+,30-27?. The van der Waals surface area contributed by atoms with Gasteiger partial charge < -0.3 is 9.47 Å². The van der Waals surface area contributed by atoms with E-state index in [0.29, 0.717) is 57.6 Å². The number of likely N-dealkylation sites (N-methyl/N-ethyl adjacent to an activating group) is 1. The molecule has 0 unspecified atom stereocenters. The number of halogens is 2. The van der Waals surface area contributed by atoms with E-state index in [1.807, 2.05) is 50.2 Å². The Labute approximate surface area is 213 Å². The van der Waals surface area contributed by atoms with Crippen LogP contribution in [0.15, 0.2) is 76.6 Å². The third-order valence-corrected chi connectivity index (χ3v) is 6.40. The van der Waals surface area contributed by atoms with Crippen molar-refractivity contribution in [3.63, 3.8) is 0 Å². The van der Waals surface area contributed by atoms with Crippen LogP contribution in [0, 0.1) is 5.82 Å². The van der Waals surface area contributed by atoms with Crippen LogP contribution in [0.1, 0.15) is 25.0 Å². The lowest BCUT2D eigenvalue weighted by molar-refractivity contribution is -0.122. The Morgan fingerprint density at radius 3 is 2.49 bits per heavy atom. The van der Waals surface area contributed by atoms with E-state index in [4.69, 9.17) is 21.1 Å². The van der Waals surface area contributed by atoms with E-state index in [2.05, 4.69) is 4.99 Å². The molecule has 0 spiro atoms. The highest BCUT2D eigenvalue weighted by Gasteiger charge is 2.32. The third kappa shape index (κ3) is 6.05. The largest absolute Gasteiger partial charge is 0.490 e. The van der Waals surface area contributed by atoms with Gasteiger partial charge in [-0.25, -0.2) is 9.38 Å². The number of ether oxygens (including phenoxy) is 2. The number of hydrogen-bond acceptors (Lipinski definition) is 5. The number of nitrogens with zero attached hydrogens (tertiary/aromatic N) is 2. The summed E-state index contributed by atoms with van der Waals surface area (Å²) in [4.78, 5) is 19.6. The molecule has 1 amide bonds. The Kier molecular flexibility index (Phi) is 8.10. The molecule has 0 aliphatic carbocycles. The molecule has 0 atom stereocenters. The zero-order valence-electron chi connectivity index (χ0n) is 19.3. The Balaban J connectivity index is 1.61. The summed E-state index contributed by atoms with van der Waals surface area (Å²) in [5.41, 5.74) is 2.29. The van der Waals surface area contributed by atoms with Gasteiger partial charge in [0.1, 0.15) is 12.4 Å². The van der Waals surface area contributed by atoms with E-state index in [0.717, 1.165) is 5.56 Å². The van der Waals surface area contributed by atoms with Crippen LogP contribution in [0.25, 0.3) is 6.08 Å². The maximum Gasteiger partial charge on any atom is 0.266 e. The molecule has 3 aromatic rings. The molecule has 180 valence electrons. The Bertz CT molecular complexity index is 1260. The molecule has 0 radical (unpaired) electrons. The molecule has 1 aliphatic rings. The van der Waals surface area contributed by atoms with E-state index in [-0.39, 0.29) is 11.7 Å². The first kappa shape index (κ1) is 24.8. The molecule has 1 fully saturated rings. The van der Waals surface area contributed by atoms with Crippen LogP contribution in [0.3, 0.4) is 0 Å². The molecule has 0 saturated carbocycles. The summed E-state index contributed by atoms with van der Waals surface area (Å²) in [6.45, 7) is 5.01. The first-order valence-corrected chi connectivity index (χ1v) is 12.4. The summed E-state index contributed by atoms with van der Waals surface area (Å²) in [5, 5.41) is 0.927. The Hall–Kier alpha value is -3.29. The fourth-order valence-corrected chi connectivity index (χ4v) is 4.79. The van der Waals surface area contributed by atoms with Gasteiger partial charge in [-0.1, -0.05) is 41.9 Å². The maximum atomic E-state index is 13.2. The molecule has 5 nitrogen and oxygen atoms in total. The number of hydrogen-bond donors (Lipinski definition) is 0. The summed E-state index contributed by atoms with van der Waals surface area (Å²) < 4.78 is 25.0. The van der Waals surface area contributed by atoms with Gasteiger partial charge in [0.25, 0.3) is 5.91 Å². The van der Waals surface area contributed by atoms with E-state index >= 15 is 0 Å². The molecule has 0 bridgehead atoms. The van der Waals surface area contributed by atoms with Crippen LogP contribution >= 0.6 is 23.4 Å². The van der Waals surface area contributed by atoms with Crippen LogP contribution < -0.4 is 9.47 Å². The van der Waals surface area contributed by atoms with Crippen molar-refractivity contribution in [1.82, 2.24) is 4.90 Å². The van der Waals surface area contributed by atoms with Crippen LogP contribution in [0.2, 0.25) is 5.02 Å². The Morgan fingerprint density at radius 2 is 1.80 bits per heavy atom. The molecule has 1 aliphatic heterocycles. The number of carbonyl (C=O) groups is 1. The number of rotatable bonds is 8. The summed E-state index contributed by atoms with van der Waals surface area (Å²) in [6, 6.07) is 19.2. The van der Waals surface area contributed by atoms with Crippen molar-refractivity contribution in [3.05, 3.63) is 93.6 Å². The first-order valence-electron chi connectivity index (χ1n) is 11.2. The molecule has 1 saturated heterocycles. The van der Waals surface area contributed by atoms with Gasteiger partial charge in [0.15, 0.2) is 16.7 Å². The summed E-state index contributed by atoms with van der Waals surface area (Å²) in [5.74, 6) is 0.469. The maximum absolute atomic E-state index is 13.2. The van der Waals surface area contributed by atoms with Crippen molar-refractivity contribution in [2.45, 2.75) is 20.5 Å². The fraction of sp³-hybridized carbons (Fsp3) is 0.185. The lowest BCUT2D eigenvalue weighted by atomic mass is 10.1. The van der Waals surface area contributed by atoms with Crippen LogP contribution in [-0.4, -0.2) is 29.1 Å².